The number of hydrogen-bond donors (Lipinski definition) is 2. The van der Waals surface area contributed by atoms with E-state index in [0.717, 1.165) is 0 Å². The van der Waals surface area contributed by atoms with Gasteiger partial charge < -0.3 is 10.6 Å². The molecular formula is C14H14FN3O. The lowest BCUT2D eigenvalue weighted by molar-refractivity contribution is 0.102. The van der Waals surface area contributed by atoms with E-state index in [4.69, 9.17) is 0 Å². The van der Waals surface area contributed by atoms with Crippen molar-refractivity contribution in [1.29, 1.82) is 0 Å². The van der Waals surface area contributed by atoms with Crippen LogP contribution in [0.2, 0.25) is 0 Å². The van der Waals surface area contributed by atoms with Crippen LogP contribution in [-0.4, -0.2) is 17.9 Å². The summed E-state index contributed by atoms with van der Waals surface area (Å²) in [4.78, 5) is 16.2. The van der Waals surface area contributed by atoms with Crippen molar-refractivity contribution in [3.8, 4) is 0 Å². The third-order valence-electron chi connectivity index (χ3n) is 2.75. The van der Waals surface area contributed by atoms with Gasteiger partial charge in [-0.3, -0.25) is 4.79 Å². The number of anilines is 2. The molecule has 5 heteroatoms. The van der Waals surface area contributed by atoms with Gasteiger partial charge in [0.2, 0.25) is 0 Å². The Morgan fingerprint density at radius 3 is 2.74 bits per heavy atom. The van der Waals surface area contributed by atoms with Gasteiger partial charge in [0.05, 0.1) is 11.3 Å². The fourth-order valence-electron chi connectivity index (χ4n) is 1.76. The number of carbonyl (C=O) groups excluding carboxylic acids is 1. The molecule has 0 aliphatic heterocycles. The molecule has 1 aromatic carbocycles. The van der Waals surface area contributed by atoms with Crippen molar-refractivity contribution in [3.05, 3.63) is 53.5 Å². The standard InChI is InChI=1S/C14H14FN3O/c1-9-5-3-7-11(15)12(9)18-14(19)10-6-4-8-17-13(10)16-2/h3-8H,1-2H3,(H,16,17)(H,18,19). The van der Waals surface area contributed by atoms with Gasteiger partial charge in [0.15, 0.2) is 0 Å². The number of aryl methyl sites for hydroxylation is 1. The number of nitrogens with zero attached hydrogens (tertiary/aromatic N) is 1. The van der Waals surface area contributed by atoms with Crippen LogP contribution in [0.5, 0.6) is 0 Å². The first kappa shape index (κ1) is 13.0. The minimum absolute atomic E-state index is 0.193. The van der Waals surface area contributed by atoms with Crippen molar-refractivity contribution in [2.45, 2.75) is 6.92 Å². The third-order valence-corrected chi connectivity index (χ3v) is 2.75. The lowest BCUT2D eigenvalue weighted by Gasteiger charge is -2.11. The highest BCUT2D eigenvalue weighted by atomic mass is 19.1. The van der Waals surface area contributed by atoms with Gasteiger partial charge in [-0.1, -0.05) is 12.1 Å². The number of carbonyl (C=O) groups is 1. The molecule has 2 N–H and O–H groups in total. The average molecular weight is 259 g/mol. The summed E-state index contributed by atoms with van der Waals surface area (Å²) < 4.78 is 13.7. The third kappa shape index (κ3) is 2.70. The van der Waals surface area contributed by atoms with Gasteiger partial charge in [-0.05, 0) is 30.7 Å². The molecule has 1 heterocycles. The Hall–Kier alpha value is -2.43. The van der Waals surface area contributed by atoms with E-state index in [2.05, 4.69) is 15.6 Å². The second-order valence-electron chi connectivity index (χ2n) is 4.04. The molecule has 0 unspecified atom stereocenters. The number of benzene rings is 1. The van der Waals surface area contributed by atoms with Gasteiger partial charge in [-0.15, -0.1) is 0 Å². The smallest absolute Gasteiger partial charge is 0.259 e. The first-order valence-corrected chi connectivity index (χ1v) is 5.82. The summed E-state index contributed by atoms with van der Waals surface area (Å²) in [5, 5.41) is 5.40. The normalized spacial score (nSPS) is 10.1. The lowest BCUT2D eigenvalue weighted by atomic mass is 10.1. The number of amides is 1. The van der Waals surface area contributed by atoms with Crippen LogP contribution in [-0.2, 0) is 0 Å². The van der Waals surface area contributed by atoms with Crippen LogP contribution in [0.4, 0.5) is 15.9 Å². The van der Waals surface area contributed by atoms with E-state index >= 15 is 0 Å². The summed E-state index contributed by atoms with van der Waals surface area (Å²) >= 11 is 0. The van der Waals surface area contributed by atoms with E-state index in [0.29, 0.717) is 16.9 Å². The molecule has 1 aromatic heterocycles. The lowest BCUT2D eigenvalue weighted by Crippen LogP contribution is -2.16. The monoisotopic (exact) mass is 259 g/mol. The minimum Gasteiger partial charge on any atom is -0.372 e. The average Bonchev–Trinajstić information content (AvgIpc) is 2.42. The SMILES string of the molecule is CNc1ncccc1C(=O)Nc1c(C)cccc1F. The highest BCUT2D eigenvalue weighted by Crippen LogP contribution is 2.20. The Bertz CT molecular complexity index is 593. The van der Waals surface area contributed by atoms with Gasteiger partial charge in [-0.2, -0.15) is 0 Å². The number of aromatic nitrogens is 1. The molecule has 19 heavy (non-hydrogen) atoms. The maximum absolute atomic E-state index is 13.7. The van der Waals surface area contributed by atoms with Gasteiger partial charge >= 0.3 is 0 Å². The summed E-state index contributed by atoms with van der Waals surface area (Å²) in [5.74, 6) is -0.400. The molecule has 0 aliphatic rings. The second-order valence-corrected chi connectivity index (χ2v) is 4.04. The minimum atomic E-state index is -0.455. The predicted octanol–water partition coefficient (Wildman–Crippen LogP) is 2.82. The zero-order valence-electron chi connectivity index (χ0n) is 10.7. The quantitative estimate of drug-likeness (QED) is 0.891. The van der Waals surface area contributed by atoms with Crippen molar-refractivity contribution in [3.63, 3.8) is 0 Å². The van der Waals surface area contributed by atoms with Crippen molar-refractivity contribution < 1.29 is 9.18 Å². The molecule has 0 spiro atoms. The van der Waals surface area contributed by atoms with Crippen LogP contribution in [0.25, 0.3) is 0 Å². The molecule has 0 saturated heterocycles. The van der Waals surface area contributed by atoms with Gasteiger partial charge in [0, 0.05) is 13.2 Å². The van der Waals surface area contributed by atoms with Crippen molar-refractivity contribution in [2.24, 2.45) is 0 Å². The van der Waals surface area contributed by atoms with Gasteiger partial charge in [-0.25, -0.2) is 9.37 Å². The van der Waals surface area contributed by atoms with Crippen LogP contribution in [0.3, 0.4) is 0 Å². The topological polar surface area (TPSA) is 54.0 Å². The summed E-state index contributed by atoms with van der Waals surface area (Å²) in [6, 6.07) is 7.93. The Kier molecular flexibility index (Phi) is 3.75. The zero-order valence-corrected chi connectivity index (χ0v) is 10.7. The van der Waals surface area contributed by atoms with E-state index in [-0.39, 0.29) is 5.69 Å². The summed E-state index contributed by atoms with van der Waals surface area (Å²) in [6.45, 7) is 1.74. The Balaban J connectivity index is 2.31. The maximum Gasteiger partial charge on any atom is 0.259 e. The van der Waals surface area contributed by atoms with Crippen LogP contribution < -0.4 is 10.6 Å². The van der Waals surface area contributed by atoms with Crippen molar-refractivity contribution in [2.75, 3.05) is 17.7 Å². The van der Waals surface area contributed by atoms with E-state index in [9.17, 15) is 9.18 Å². The molecule has 0 aliphatic carbocycles. The molecule has 0 bridgehead atoms. The second kappa shape index (κ2) is 5.48. The number of para-hydroxylation sites is 1. The molecule has 4 nitrogen and oxygen atoms in total. The molecule has 98 valence electrons. The van der Waals surface area contributed by atoms with Crippen molar-refractivity contribution in [1.82, 2.24) is 4.98 Å². The number of hydrogen-bond acceptors (Lipinski definition) is 3. The summed E-state index contributed by atoms with van der Waals surface area (Å²) in [5.41, 5.74) is 1.23. The van der Waals surface area contributed by atoms with Gasteiger partial charge in [0.25, 0.3) is 5.91 Å². The fourth-order valence-corrected chi connectivity index (χ4v) is 1.76. The Labute approximate surface area is 110 Å². The maximum atomic E-state index is 13.7. The number of rotatable bonds is 3. The van der Waals surface area contributed by atoms with E-state index in [1.54, 1.807) is 44.4 Å². The molecule has 2 rings (SSSR count). The molecule has 2 aromatic rings. The first-order chi connectivity index (χ1) is 9.13. The first-order valence-electron chi connectivity index (χ1n) is 5.82. The summed E-state index contributed by atoms with van der Waals surface area (Å²) in [7, 11) is 1.67. The van der Waals surface area contributed by atoms with Crippen LogP contribution in [0, 0.1) is 12.7 Å². The largest absolute Gasteiger partial charge is 0.372 e. The van der Waals surface area contributed by atoms with Gasteiger partial charge in [0.1, 0.15) is 11.6 Å². The zero-order chi connectivity index (χ0) is 13.8. The molecule has 1 amide bonds. The number of halogens is 1. The summed E-state index contributed by atoms with van der Waals surface area (Å²) in [6.07, 6.45) is 1.58. The molecular weight excluding hydrogens is 245 g/mol. The fraction of sp³-hybridized carbons (Fsp3) is 0.143. The Morgan fingerprint density at radius 2 is 2.05 bits per heavy atom. The van der Waals surface area contributed by atoms with Crippen molar-refractivity contribution >= 4 is 17.4 Å². The predicted molar refractivity (Wildman–Crippen MR) is 72.9 cm³/mol. The van der Waals surface area contributed by atoms with Crippen LogP contribution in [0.15, 0.2) is 36.5 Å². The Morgan fingerprint density at radius 1 is 1.26 bits per heavy atom. The van der Waals surface area contributed by atoms with Crippen LogP contribution >= 0.6 is 0 Å². The number of pyridine rings is 1. The number of nitrogens with one attached hydrogen (secondary N) is 2. The van der Waals surface area contributed by atoms with E-state index < -0.39 is 11.7 Å². The highest BCUT2D eigenvalue weighted by Gasteiger charge is 2.14. The highest BCUT2D eigenvalue weighted by molar-refractivity contribution is 6.07. The van der Waals surface area contributed by atoms with E-state index in [1.165, 1.54) is 6.07 Å². The van der Waals surface area contributed by atoms with E-state index in [1.807, 2.05) is 0 Å². The molecule has 0 atom stereocenters. The molecule has 0 saturated carbocycles. The molecule has 0 radical (unpaired) electrons. The molecule has 0 fully saturated rings. The van der Waals surface area contributed by atoms with Crippen LogP contribution in [0.1, 0.15) is 15.9 Å².